The van der Waals surface area contributed by atoms with E-state index in [2.05, 4.69) is 25.5 Å². The lowest BCUT2D eigenvalue weighted by Crippen LogP contribution is -2.36. The average Bonchev–Trinajstić information content (AvgIpc) is 3.45. The van der Waals surface area contributed by atoms with Gasteiger partial charge in [0.25, 0.3) is 5.91 Å². The Morgan fingerprint density at radius 3 is 2.58 bits per heavy atom. The number of halogens is 2. The minimum absolute atomic E-state index is 0.0296. The number of fused-ring (bicyclic) bond motifs is 1. The predicted octanol–water partition coefficient (Wildman–Crippen LogP) is 5.44. The van der Waals surface area contributed by atoms with E-state index < -0.39 is 5.97 Å². The zero-order chi connectivity index (χ0) is 35.4. The first-order valence-electron chi connectivity index (χ1n) is 16.8. The van der Waals surface area contributed by atoms with Crippen LogP contribution in [0.15, 0.2) is 42.6 Å². The maximum Gasteiger partial charge on any atom is 0.306 e. The number of aliphatic hydroxyl groups is 1. The number of hydrogen-bond acceptors (Lipinski definition) is 9. The molecule has 0 bridgehead atoms. The summed E-state index contributed by atoms with van der Waals surface area (Å²) >= 11 is 13.9. The van der Waals surface area contributed by atoms with Crippen molar-refractivity contribution in [2.24, 2.45) is 18.9 Å². The number of pyridine rings is 2. The second kappa shape index (κ2) is 15.9. The number of benzene rings is 1. The Labute approximate surface area is 300 Å². The number of anilines is 1. The molecule has 6 rings (SSSR count). The van der Waals surface area contributed by atoms with Crippen LogP contribution in [0.1, 0.15) is 53.3 Å². The number of nitrogens with one attached hydrogen (secondary N) is 2. The fraction of sp³-hybridized carbons (Fsp3) is 0.417. The lowest BCUT2D eigenvalue weighted by Gasteiger charge is -2.33. The van der Waals surface area contributed by atoms with Gasteiger partial charge in [-0.05, 0) is 49.8 Å². The molecule has 1 saturated carbocycles. The summed E-state index contributed by atoms with van der Waals surface area (Å²) in [7, 11) is 3.41. The minimum Gasteiger partial charge on any atom is -0.481 e. The van der Waals surface area contributed by atoms with Crippen molar-refractivity contribution >= 4 is 40.8 Å². The summed E-state index contributed by atoms with van der Waals surface area (Å²) in [5, 5.41) is 25.1. The topological polar surface area (TPSA) is 155 Å². The SMILES string of the molecule is COc1nc(-c2ccnc(-c3cccc(NC(=O)c4nc5c(n4C)CCN(C[C@H]4CC[C@H](C(=O)O)CC4)C5)c3Cl)c2Cl)ccc1CNCCO. The van der Waals surface area contributed by atoms with Crippen molar-refractivity contribution in [3.63, 3.8) is 0 Å². The highest BCUT2D eigenvalue weighted by Crippen LogP contribution is 2.40. The number of aromatic nitrogens is 4. The lowest BCUT2D eigenvalue weighted by molar-refractivity contribution is -0.143. The fourth-order valence-electron chi connectivity index (χ4n) is 6.95. The molecular formula is C36H41Cl2N7O5. The third-order valence-electron chi connectivity index (χ3n) is 9.65. The Balaban J connectivity index is 1.17. The van der Waals surface area contributed by atoms with E-state index in [9.17, 15) is 14.7 Å². The highest BCUT2D eigenvalue weighted by Gasteiger charge is 2.30. The highest BCUT2D eigenvalue weighted by atomic mass is 35.5. The molecule has 0 radical (unpaired) electrons. The van der Waals surface area contributed by atoms with E-state index in [1.54, 1.807) is 37.6 Å². The second-order valence-electron chi connectivity index (χ2n) is 12.8. The van der Waals surface area contributed by atoms with Gasteiger partial charge in [-0.15, -0.1) is 0 Å². The number of carboxylic acid groups (broad SMARTS) is 1. The van der Waals surface area contributed by atoms with Crippen LogP contribution in [0.25, 0.3) is 22.5 Å². The molecule has 0 saturated heterocycles. The van der Waals surface area contributed by atoms with Gasteiger partial charge in [0.05, 0.1) is 52.4 Å². The average molecular weight is 723 g/mol. The molecular weight excluding hydrogens is 681 g/mol. The molecule has 4 N–H and O–H groups in total. The Morgan fingerprint density at radius 2 is 1.84 bits per heavy atom. The van der Waals surface area contributed by atoms with Crippen molar-refractivity contribution in [2.45, 2.75) is 45.2 Å². The third kappa shape index (κ3) is 7.64. The van der Waals surface area contributed by atoms with E-state index >= 15 is 0 Å². The first-order chi connectivity index (χ1) is 24.2. The number of carbonyl (C=O) groups excluding carboxylic acids is 1. The van der Waals surface area contributed by atoms with E-state index in [1.807, 2.05) is 23.7 Å². The predicted molar refractivity (Wildman–Crippen MR) is 191 cm³/mol. The lowest BCUT2D eigenvalue weighted by atomic mass is 9.81. The first-order valence-corrected chi connectivity index (χ1v) is 17.5. The molecule has 12 nitrogen and oxygen atoms in total. The summed E-state index contributed by atoms with van der Waals surface area (Å²) in [6.45, 7) is 3.38. The largest absolute Gasteiger partial charge is 0.481 e. The summed E-state index contributed by atoms with van der Waals surface area (Å²) < 4.78 is 7.38. The molecule has 1 amide bonds. The number of carboxylic acids is 1. The van der Waals surface area contributed by atoms with E-state index in [0.717, 1.165) is 62.1 Å². The van der Waals surface area contributed by atoms with Gasteiger partial charge in [0.2, 0.25) is 5.88 Å². The fourth-order valence-corrected chi connectivity index (χ4v) is 7.52. The Hall–Kier alpha value is -4.07. The summed E-state index contributed by atoms with van der Waals surface area (Å²) in [6, 6.07) is 10.8. The van der Waals surface area contributed by atoms with Gasteiger partial charge in [-0.3, -0.25) is 19.5 Å². The van der Waals surface area contributed by atoms with Gasteiger partial charge in [0.15, 0.2) is 5.82 Å². The van der Waals surface area contributed by atoms with Gasteiger partial charge in [-0.25, -0.2) is 9.97 Å². The maximum absolute atomic E-state index is 13.6. The van der Waals surface area contributed by atoms with Crippen LogP contribution in [0.2, 0.25) is 10.0 Å². The summed E-state index contributed by atoms with van der Waals surface area (Å²) in [6.07, 6.45) is 5.71. The molecule has 0 unspecified atom stereocenters. The van der Waals surface area contributed by atoms with Crippen LogP contribution in [0, 0.1) is 11.8 Å². The van der Waals surface area contributed by atoms with Gasteiger partial charge < -0.3 is 30.2 Å². The molecule has 4 heterocycles. The van der Waals surface area contributed by atoms with Gasteiger partial charge in [0.1, 0.15) is 0 Å². The second-order valence-corrected chi connectivity index (χ2v) is 13.6. The van der Waals surface area contributed by atoms with E-state index in [-0.39, 0.29) is 23.5 Å². The standard InChI is InChI=1S/C36H41Cl2N7O5/c1-44-29-13-16-45(19-21-6-8-22(9-7-21)36(48)49)20-28(29)41-33(44)34(47)42-27-5-3-4-25(30(27)37)32-31(38)24(12-14-40-32)26-11-10-23(18-39-15-17-46)35(43-26)50-2/h3-5,10-12,14,21-22,39,46H,6-9,13,15-20H2,1-2H3,(H,42,47)(H,48,49)/t21-,22-. The van der Waals surface area contributed by atoms with Crippen LogP contribution in [-0.4, -0.2) is 79.9 Å². The number of rotatable bonds is 12. The van der Waals surface area contributed by atoms with Crippen LogP contribution in [-0.2, 0) is 31.4 Å². The number of ether oxygens (including phenoxy) is 1. The zero-order valence-electron chi connectivity index (χ0n) is 28.1. The molecule has 0 spiro atoms. The molecule has 1 fully saturated rings. The quantitative estimate of drug-likeness (QED) is 0.139. The number of nitrogens with zero attached hydrogens (tertiary/aromatic N) is 5. The molecule has 50 heavy (non-hydrogen) atoms. The van der Waals surface area contributed by atoms with Crippen LogP contribution in [0.4, 0.5) is 5.69 Å². The number of aliphatic carboxylic acids is 1. The normalized spacial score (nSPS) is 17.7. The number of hydrogen-bond donors (Lipinski definition) is 4. The van der Waals surface area contributed by atoms with Crippen LogP contribution < -0.4 is 15.4 Å². The molecule has 264 valence electrons. The number of carbonyl (C=O) groups is 2. The van der Waals surface area contributed by atoms with Gasteiger partial charge in [0, 0.05) is 74.8 Å². The van der Waals surface area contributed by atoms with Gasteiger partial charge in [-0.2, -0.15) is 0 Å². The number of methoxy groups -OCH3 is 1. The van der Waals surface area contributed by atoms with Crippen molar-refractivity contribution in [1.29, 1.82) is 0 Å². The van der Waals surface area contributed by atoms with Crippen LogP contribution in [0.3, 0.4) is 0 Å². The number of amides is 1. The molecule has 1 aliphatic heterocycles. The monoisotopic (exact) mass is 721 g/mol. The zero-order valence-corrected chi connectivity index (χ0v) is 29.6. The molecule has 4 aromatic rings. The molecule has 14 heteroatoms. The Morgan fingerprint density at radius 1 is 1.04 bits per heavy atom. The molecule has 1 aromatic carbocycles. The highest BCUT2D eigenvalue weighted by molar-refractivity contribution is 6.39. The van der Waals surface area contributed by atoms with E-state index in [1.165, 1.54) is 0 Å². The van der Waals surface area contributed by atoms with Crippen LogP contribution in [0.5, 0.6) is 5.88 Å². The van der Waals surface area contributed by atoms with E-state index in [4.69, 9.17) is 38.0 Å². The smallest absolute Gasteiger partial charge is 0.306 e. The van der Waals surface area contributed by atoms with Gasteiger partial charge in [-0.1, -0.05) is 41.4 Å². The molecule has 0 atom stereocenters. The molecule has 3 aromatic heterocycles. The van der Waals surface area contributed by atoms with Gasteiger partial charge >= 0.3 is 5.97 Å². The van der Waals surface area contributed by atoms with Crippen molar-refractivity contribution in [2.75, 3.05) is 38.7 Å². The van der Waals surface area contributed by atoms with Crippen LogP contribution >= 0.6 is 23.2 Å². The summed E-state index contributed by atoms with van der Waals surface area (Å²) in [5.41, 5.74) is 5.36. The first kappa shape index (κ1) is 35.7. The Bertz CT molecular complexity index is 1880. The maximum atomic E-state index is 13.6. The molecule has 2 aliphatic rings. The summed E-state index contributed by atoms with van der Waals surface area (Å²) in [4.78, 5) is 41.3. The molecule has 1 aliphatic carbocycles. The third-order valence-corrected chi connectivity index (χ3v) is 10.4. The van der Waals surface area contributed by atoms with E-state index in [0.29, 0.717) is 70.5 Å². The summed E-state index contributed by atoms with van der Waals surface area (Å²) in [5.74, 6) is -0.0733. The van der Waals surface area contributed by atoms with Crippen molar-refractivity contribution in [1.82, 2.24) is 29.7 Å². The minimum atomic E-state index is -0.686. The number of imidazole rings is 1. The van der Waals surface area contributed by atoms with Crippen molar-refractivity contribution in [3.8, 4) is 28.4 Å². The van der Waals surface area contributed by atoms with Crippen molar-refractivity contribution < 1.29 is 24.5 Å². The number of aliphatic hydroxyl groups excluding tert-OH is 1. The Kier molecular flexibility index (Phi) is 11.3. The van der Waals surface area contributed by atoms with Crippen molar-refractivity contribution in [3.05, 3.63) is 75.4 Å².